The van der Waals surface area contributed by atoms with E-state index >= 15 is 0 Å². The first-order chi connectivity index (χ1) is 10.0. The fourth-order valence-electron chi connectivity index (χ4n) is 1.97. The summed E-state index contributed by atoms with van der Waals surface area (Å²) < 4.78 is 0.884. The zero-order chi connectivity index (χ0) is 15.0. The molecule has 1 amide bonds. The van der Waals surface area contributed by atoms with Gasteiger partial charge in [-0.1, -0.05) is 35.3 Å². The molecule has 2 aromatic heterocycles. The maximum absolute atomic E-state index is 12.3. The number of fused-ring (bicyclic) bond motifs is 1. The van der Waals surface area contributed by atoms with Crippen LogP contribution in [0.2, 0.25) is 10.0 Å². The number of benzene rings is 1. The van der Waals surface area contributed by atoms with Crippen molar-refractivity contribution in [1.82, 2.24) is 4.98 Å². The Labute approximate surface area is 135 Å². The molecule has 21 heavy (non-hydrogen) atoms. The van der Waals surface area contributed by atoms with Crippen molar-refractivity contribution >= 4 is 56.3 Å². The first-order valence-electron chi connectivity index (χ1n) is 6.17. The zero-order valence-electron chi connectivity index (χ0n) is 11.0. The van der Waals surface area contributed by atoms with Crippen LogP contribution in [0.15, 0.2) is 36.4 Å². The molecule has 0 saturated carbocycles. The SMILES string of the molecule is Cc1cccc(NC(=O)c2sc3cc(Cl)ccc3c2Cl)n1. The number of rotatable bonds is 2. The molecule has 0 saturated heterocycles. The third-order valence-electron chi connectivity index (χ3n) is 2.93. The molecule has 106 valence electrons. The summed E-state index contributed by atoms with van der Waals surface area (Å²) in [6, 6.07) is 10.8. The number of anilines is 1. The number of halogens is 2. The number of thiophene rings is 1. The molecule has 0 fully saturated rings. The lowest BCUT2D eigenvalue weighted by Gasteiger charge is -2.03. The second-order valence-electron chi connectivity index (χ2n) is 4.50. The van der Waals surface area contributed by atoms with Crippen molar-refractivity contribution in [1.29, 1.82) is 0 Å². The molecule has 1 aromatic carbocycles. The fourth-order valence-corrected chi connectivity index (χ4v) is 3.66. The van der Waals surface area contributed by atoms with Gasteiger partial charge in [-0.05, 0) is 31.2 Å². The standard InChI is InChI=1S/C15H10Cl2N2OS/c1-8-3-2-4-12(18-8)19-15(20)14-13(17)10-6-5-9(16)7-11(10)21-14/h2-7H,1H3,(H,18,19,20). The summed E-state index contributed by atoms with van der Waals surface area (Å²) in [6.07, 6.45) is 0. The number of aryl methyl sites for hydroxylation is 1. The van der Waals surface area contributed by atoms with Gasteiger partial charge in [0.15, 0.2) is 0 Å². The van der Waals surface area contributed by atoms with Crippen molar-refractivity contribution in [2.24, 2.45) is 0 Å². The Balaban J connectivity index is 1.96. The van der Waals surface area contributed by atoms with Gasteiger partial charge in [0.05, 0.1) is 5.02 Å². The second-order valence-corrected chi connectivity index (χ2v) is 6.37. The van der Waals surface area contributed by atoms with E-state index in [9.17, 15) is 4.79 Å². The smallest absolute Gasteiger partial charge is 0.268 e. The molecule has 0 aliphatic carbocycles. The predicted octanol–water partition coefficient (Wildman–Crippen LogP) is 5.16. The van der Waals surface area contributed by atoms with Gasteiger partial charge in [-0.3, -0.25) is 4.79 Å². The normalized spacial score (nSPS) is 10.8. The molecule has 0 radical (unpaired) electrons. The van der Waals surface area contributed by atoms with Crippen LogP contribution in [0.25, 0.3) is 10.1 Å². The molecule has 3 nitrogen and oxygen atoms in total. The summed E-state index contributed by atoms with van der Waals surface area (Å²) in [5.41, 5.74) is 0.835. The zero-order valence-corrected chi connectivity index (χ0v) is 13.3. The highest BCUT2D eigenvalue weighted by molar-refractivity contribution is 7.21. The van der Waals surface area contributed by atoms with Gasteiger partial charge >= 0.3 is 0 Å². The average molecular weight is 337 g/mol. The van der Waals surface area contributed by atoms with Gasteiger partial charge in [-0.25, -0.2) is 4.98 Å². The van der Waals surface area contributed by atoms with Crippen molar-refractivity contribution < 1.29 is 4.79 Å². The summed E-state index contributed by atoms with van der Waals surface area (Å²) >= 11 is 13.6. The summed E-state index contributed by atoms with van der Waals surface area (Å²) in [6.45, 7) is 1.87. The van der Waals surface area contributed by atoms with Gasteiger partial charge in [0, 0.05) is 20.8 Å². The number of carbonyl (C=O) groups is 1. The van der Waals surface area contributed by atoms with Gasteiger partial charge < -0.3 is 5.32 Å². The average Bonchev–Trinajstić information content (AvgIpc) is 2.75. The van der Waals surface area contributed by atoms with E-state index in [1.54, 1.807) is 18.2 Å². The molecule has 3 aromatic rings. The van der Waals surface area contributed by atoms with Crippen molar-refractivity contribution in [3.8, 4) is 0 Å². The van der Waals surface area contributed by atoms with E-state index in [-0.39, 0.29) is 5.91 Å². The molecule has 0 atom stereocenters. The van der Waals surface area contributed by atoms with Crippen LogP contribution in [0.4, 0.5) is 5.82 Å². The first-order valence-corrected chi connectivity index (χ1v) is 7.74. The van der Waals surface area contributed by atoms with Crippen LogP contribution >= 0.6 is 34.5 Å². The van der Waals surface area contributed by atoms with E-state index in [0.29, 0.717) is 20.7 Å². The molecule has 0 aliphatic heterocycles. The number of hydrogen-bond donors (Lipinski definition) is 1. The number of aromatic nitrogens is 1. The molecule has 0 bridgehead atoms. The molecule has 1 N–H and O–H groups in total. The second kappa shape index (κ2) is 5.64. The minimum absolute atomic E-state index is 0.268. The predicted molar refractivity (Wildman–Crippen MR) is 88.8 cm³/mol. The van der Waals surface area contributed by atoms with E-state index in [2.05, 4.69) is 10.3 Å². The lowest BCUT2D eigenvalue weighted by atomic mass is 10.2. The highest BCUT2D eigenvalue weighted by atomic mass is 35.5. The monoisotopic (exact) mass is 336 g/mol. The number of hydrogen-bond acceptors (Lipinski definition) is 3. The van der Waals surface area contributed by atoms with Crippen LogP contribution < -0.4 is 5.32 Å². The first kappa shape index (κ1) is 14.3. The number of nitrogens with zero attached hydrogens (tertiary/aromatic N) is 1. The largest absolute Gasteiger partial charge is 0.306 e. The van der Waals surface area contributed by atoms with Crippen molar-refractivity contribution in [2.45, 2.75) is 6.92 Å². The maximum atomic E-state index is 12.3. The van der Waals surface area contributed by atoms with Gasteiger partial charge in [-0.15, -0.1) is 11.3 Å². The van der Waals surface area contributed by atoms with Gasteiger partial charge in [-0.2, -0.15) is 0 Å². The summed E-state index contributed by atoms with van der Waals surface area (Å²) in [4.78, 5) is 17.0. The quantitative estimate of drug-likeness (QED) is 0.701. The van der Waals surface area contributed by atoms with E-state index < -0.39 is 0 Å². The molecule has 6 heteroatoms. The summed E-state index contributed by atoms with van der Waals surface area (Å²) in [7, 11) is 0. The van der Waals surface area contributed by atoms with Crippen LogP contribution in [0.3, 0.4) is 0 Å². The van der Waals surface area contributed by atoms with E-state index in [0.717, 1.165) is 15.8 Å². The molecular weight excluding hydrogens is 327 g/mol. The lowest BCUT2D eigenvalue weighted by Crippen LogP contribution is -2.12. The van der Waals surface area contributed by atoms with Gasteiger partial charge in [0.2, 0.25) is 0 Å². The lowest BCUT2D eigenvalue weighted by molar-refractivity contribution is 0.103. The Morgan fingerprint density at radius 2 is 2.05 bits per heavy atom. The Morgan fingerprint density at radius 3 is 2.81 bits per heavy atom. The maximum Gasteiger partial charge on any atom is 0.268 e. The van der Waals surface area contributed by atoms with Crippen molar-refractivity contribution in [2.75, 3.05) is 5.32 Å². The number of pyridine rings is 1. The third kappa shape index (κ3) is 2.88. The molecule has 0 aliphatic rings. The van der Waals surface area contributed by atoms with Crippen LogP contribution in [-0.4, -0.2) is 10.9 Å². The third-order valence-corrected chi connectivity index (χ3v) is 4.82. The topological polar surface area (TPSA) is 42.0 Å². The summed E-state index contributed by atoms with van der Waals surface area (Å²) in [5, 5.41) is 4.65. The molecular formula is C15H10Cl2N2OS. The van der Waals surface area contributed by atoms with Crippen LogP contribution in [0.1, 0.15) is 15.4 Å². The highest BCUT2D eigenvalue weighted by Crippen LogP contribution is 2.36. The molecule has 0 spiro atoms. The Hall–Kier alpha value is -1.62. The Bertz CT molecular complexity index is 845. The van der Waals surface area contributed by atoms with E-state index in [4.69, 9.17) is 23.2 Å². The number of carbonyl (C=O) groups excluding carboxylic acids is 1. The number of nitrogens with one attached hydrogen (secondary N) is 1. The van der Waals surface area contributed by atoms with Crippen LogP contribution in [-0.2, 0) is 0 Å². The Kier molecular flexibility index (Phi) is 3.85. The minimum atomic E-state index is -0.268. The van der Waals surface area contributed by atoms with Crippen molar-refractivity contribution in [3.63, 3.8) is 0 Å². The van der Waals surface area contributed by atoms with Crippen molar-refractivity contribution in [3.05, 3.63) is 57.0 Å². The molecule has 2 heterocycles. The van der Waals surface area contributed by atoms with Crippen LogP contribution in [0, 0.1) is 6.92 Å². The highest BCUT2D eigenvalue weighted by Gasteiger charge is 2.17. The molecule has 3 rings (SSSR count). The van der Waals surface area contributed by atoms with Gasteiger partial charge in [0.1, 0.15) is 10.7 Å². The minimum Gasteiger partial charge on any atom is -0.306 e. The fraction of sp³-hybridized carbons (Fsp3) is 0.0667. The molecule has 0 unspecified atom stereocenters. The number of amides is 1. The summed E-state index contributed by atoms with van der Waals surface area (Å²) in [5.74, 6) is 0.238. The van der Waals surface area contributed by atoms with E-state index in [1.807, 2.05) is 25.1 Å². The van der Waals surface area contributed by atoms with E-state index in [1.165, 1.54) is 11.3 Å². The van der Waals surface area contributed by atoms with Crippen LogP contribution in [0.5, 0.6) is 0 Å². The Morgan fingerprint density at radius 1 is 1.24 bits per heavy atom. The van der Waals surface area contributed by atoms with Gasteiger partial charge in [0.25, 0.3) is 5.91 Å².